The molecule has 0 spiro atoms. The third-order valence-electron chi connectivity index (χ3n) is 2.25. The Kier molecular flexibility index (Phi) is 4.50. The number of nitrogens with two attached hydrogens (primary N) is 1. The van der Waals surface area contributed by atoms with Gasteiger partial charge >= 0.3 is 18.0 Å². The Labute approximate surface area is 113 Å². The Hall–Kier alpha value is -2.66. The average molecular weight is 313 g/mol. The first kappa shape index (κ1) is 16.4. The van der Waals surface area contributed by atoms with Gasteiger partial charge in [0.2, 0.25) is 0 Å². The van der Waals surface area contributed by atoms with Crippen molar-refractivity contribution >= 4 is 17.1 Å². The smallest absolute Gasteiger partial charge is 0.340 e. The summed E-state index contributed by atoms with van der Waals surface area (Å²) in [5.41, 5.74) is 2.64. The molecule has 8 nitrogen and oxygen atoms in total. The second-order valence-corrected chi connectivity index (χ2v) is 3.74. The van der Waals surface area contributed by atoms with Crippen LogP contribution in [0, 0.1) is 20.2 Å². The molecule has 2 N–H and O–H groups in total. The average Bonchev–Trinajstić information content (AvgIpc) is 2.36. The van der Waals surface area contributed by atoms with Gasteiger partial charge in [-0.3, -0.25) is 20.2 Å². The van der Waals surface area contributed by atoms with E-state index in [0.29, 0.717) is 12.1 Å². The van der Waals surface area contributed by atoms with Crippen molar-refractivity contribution in [2.75, 3.05) is 12.3 Å². The first-order valence-corrected chi connectivity index (χ1v) is 5.07. The molecule has 116 valence electrons. The van der Waals surface area contributed by atoms with Crippen LogP contribution in [0.3, 0.4) is 0 Å². The largest absolute Gasteiger partial charge is 0.484 e. The first-order chi connectivity index (χ1) is 9.56. The molecule has 0 bridgehead atoms. The summed E-state index contributed by atoms with van der Waals surface area (Å²) >= 11 is 0. The number of nitro groups is 2. The van der Waals surface area contributed by atoms with Gasteiger partial charge in [0.25, 0.3) is 5.69 Å². The quantitative estimate of drug-likeness (QED) is 0.372. The van der Waals surface area contributed by atoms with Crippen molar-refractivity contribution in [1.82, 2.24) is 0 Å². The molecule has 0 heterocycles. The van der Waals surface area contributed by atoms with Crippen LogP contribution < -0.4 is 10.5 Å². The molecule has 0 aliphatic heterocycles. The monoisotopic (exact) mass is 313 g/mol. The Bertz CT molecular complexity index is 581. The second kappa shape index (κ2) is 5.76. The minimum Gasteiger partial charge on any atom is -0.484 e. The van der Waals surface area contributed by atoms with Crippen molar-refractivity contribution in [1.29, 1.82) is 0 Å². The number of hydrogen-bond donors (Lipinski definition) is 1. The predicted octanol–water partition coefficient (Wildman–Crippen LogP) is 2.36. The van der Waals surface area contributed by atoms with Crippen molar-refractivity contribution in [2.24, 2.45) is 0 Å². The van der Waals surface area contributed by atoms with Gasteiger partial charge in [0.05, 0.1) is 22.0 Å². The zero-order chi connectivity index (χ0) is 16.4. The summed E-state index contributed by atoms with van der Waals surface area (Å²) in [5, 5.41) is 21.2. The Balaban J connectivity index is 3.17. The predicted molar refractivity (Wildman–Crippen MR) is 60.6 cm³/mol. The van der Waals surface area contributed by atoms with Crippen LogP contribution in [0.15, 0.2) is 12.1 Å². The normalized spacial score (nSPS) is 11.5. The summed E-state index contributed by atoms with van der Waals surface area (Å²) in [6.07, 6.45) is -4.03. The second-order valence-electron chi connectivity index (χ2n) is 3.74. The van der Waals surface area contributed by atoms with E-state index in [4.69, 9.17) is 5.73 Å². The van der Waals surface area contributed by atoms with E-state index < -0.39 is 51.6 Å². The number of nitrogens with zero attached hydrogens (tertiary/aromatic N) is 2. The lowest BCUT2D eigenvalue weighted by Crippen LogP contribution is -2.33. The van der Waals surface area contributed by atoms with E-state index >= 15 is 0 Å². The van der Waals surface area contributed by atoms with E-state index in [1.807, 2.05) is 0 Å². The number of non-ortho nitro benzene ring substituents is 1. The number of alkyl halides is 4. The number of rotatable bonds is 6. The van der Waals surface area contributed by atoms with Gasteiger partial charge in [-0.05, 0) is 0 Å². The fraction of sp³-hybridized carbons (Fsp3) is 0.333. The van der Waals surface area contributed by atoms with Crippen LogP contribution in [0.1, 0.15) is 0 Å². The first-order valence-electron chi connectivity index (χ1n) is 5.07. The molecule has 0 aliphatic rings. The third kappa shape index (κ3) is 3.67. The summed E-state index contributed by atoms with van der Waals surface area (Å²) < 4.78 is 53.6. The van der Waals surface area contributed by atoms with Crippen LogP contribution in [0.5, 0.6) is 5.75 Å². The number of benzene rings is 1. The number of ether oxygens (including phenoxy) is 1. The standard InChI is InChI=1S/C9H7F4N3O5/c10-8(11)9(12,13)3-21-6-2-4(15(17)18)1-5(7(6)14)16(19)20/h1-2,8H,3,14H2. The Morgan fingerprint density at radius 1 is 1.24 bits per heavy atom. The number of anilines is 1. The molecule has 0 saturated carbocycles. The summed E-state index contributed by atoms with van der Waals surface area (Å²) in [4.78, 5) is 19.1. The van der Waals surface area contributed by atoms with E-state index in [1.165, 1.54) is 0 Å². The van der Waals surface area contributed by atoms with Crippen molar-refractivity contribution in [3.63, 3.8) is 0 Å². The zero-order valence-electron chi connectivity index (χ0n) is 9.96. The van der Waals surface area contributed by atoms with Crippen LogP contribution in [-0.4, -0.2) is 28.8 Å². The van der Waals surface area contributed by atoms with E-state index in [1.54, 1.807) is 0 Å². The maximum atomic E-state index is 12.7. The van der Waals surface area contributed by atoms with Crippen molar-refractivity contribution in [3.05, 3.63) is 32.4 Å². The maximum absolute atomic E-state index is 12.7. The molecule has 0 aliphatic carbocycles. The number of nitro benzene ring substituents is 2. The summed E-state index contributed by atoms with van der Waals surface area (Å²) in [6.45, 7) is -1.84. The van der Waals surface area contributed by atoms with Crippen LogP contribution in [-0.2, 0) is 0 Å². The highest BCUT2D eigenvalue weighted by molar-refractivity contribution is 5.71. The van der Waals surface area contributed by atoms with Crippen molar-refractivity contribution in [2.45, 2.75) is 12.3 Å². The van der Waals surface area contributed by atoms with Crippen LogP contribution in [0.4, 0.5) is 34.6 Å². The molecule has 0 fully saturated rings. The molecule has 0 saturated heterocycles. The van der Waals surface area contributed by atoms with Gasteiger partial charge in [-0.15, -0.1) is 0 Å². The highest BCUT2D eigenvalue weighted by Gasteiger charge is 2.42. The minimum atomic E-state index is -4.54. The van der Waals surface area contributed by atoms with E-state index in [9.17, 15) is 37.8 Å². The molecule has 1 rings (SSSR count). The number of nitrogen functional groups attached to an aromatic ring is 1. The molecule has 0 aromatic heterocycles. The molecular formula is C9H7F4N3O5. The van der Waals surface area contributed by atoms with E-state index in [2.05, 4.69) is 4.74 Å². The molecule has 1 aromatic rings. The minimum absolute atomic E-state index is 0.494. The Morgan fingerprint density at radius 2 is 1.81 bits per heavy atom. The highest BCUT2D eigenvalue weighted by atomic mass is 19.3. The summed E-state index contributed by atoms with van der Waals surface area (Å²) in [7, 11) is 0. The zero-order valence-corrected chi connectivity index (χ0v) is 9.96. The lowest BCUT2D eigenvalue weighted by Gasteiger charge is -2.16. The summed E-state index contributed by atoms with van der Waals surface area (Å²) in [6, 6.07) is 1.03. The molecule has 0 radical (unpaired) electrons. The molecule has 12 heteroatoms. The maximum Gasteiger partial charge on any atom is 0.340 e. The van der Waals surface area contributed by atoms with Gasteiger partial charge in [0.1, 0.15) is 0 Å². The molecular weight excluding hydrogens is 306 g/mol. The van der Waals surface area contributed by atoms with Gasteiger partial charge in [0, 0.05) is 0 Å². The van der Waals surface area contributed by atoms with Crippen LogP contribution in [0.2, 0.25) is 0 Å². The van der Waals surface area contributed by atoms with Gasteiger partial charge in [-0.25, -0.2) is 8.78 Å². The number of halogens is 4. The molecule has 1 aromatic carbocycles. The third-order valence-corrected chi connectivity index (χ3v) is 2.25. The van der Waals surface area contributed by atoms with Gasteiger partial charge in [-0.2, -0.15) is 8.78 Å². The van der Waals surface area contributed by atoms with E-state index in [-0.39, 0.29) is 0 Å². The van der Waals surface area contributed by atoms with Crippen LogP contribution >= 0.6 is 0 Å². The fourth-order valence-electron chi connectivity index (χ4n) is 1.21. The topological polar surface area (TPSA) is 122 Å². The highest BCUT2D eigenvalue weighted by Crippen LogP contribution is 2.37. The number of hydrogen-bond acceptors (Lipinski definition) is 6. The van der Waals surface area contributed by atoms with Crippen molar-refractivity contribution in [3.8, 4) is 5.75 Å². The Morgan fingerprint density at radius 3 is 2.24 bits per heavy atom. The van der Waals surface area contributed by atoms with Crippen LogP contribution in [0.25, 0.3) is 0 Å². The lowest BCUT2D eigenvalue weighted by molar-refractivity contribution is -0.393. The molecule has 0 amide bonds. The molecule has 21 heavy (non-hydrogen) atoms. The fourth-order valence-corrected chi connectivity index (χ4v) is 1.21. The molecule has 0 atom stereocenters. The van der Waals surface area contributed by atoms with Gasteiger partial charge in [-0.1, -0.05) is 0 Å². The SMILES string of the molecule is Nc1c(OCC(F)(F)C(F)F)cc([N+](=O)[O-])cc1[N+](=O)[O-]. The molecule has 0 unspecified atom stereocenters. The van der Waals surface area contributed by atoms with Gasteiger partial charge < -0.3 is 10.5 Å². The summed E-state index contributed by atoms with van der Waals surface area (Å²) in [5.74, 6) is -5.39. The lowest BCUT2D eigenvalue weighted by atomic mass is 10.2. The van der Waals surface area contributed by atoms with Crippen molar-refractivity contribution < 1.29 is 32.1 Å². The van der Waals surface area contributed by atoms with E-state index in [0.717, 1.165) is 0 Å². The van der Waals surface area contributed by atoms with Gasteiger partial charge in [0.15, 0.2) is 18.0 Å².